The Hall–Kier alpha value is -0.940. The van der Waals surface area contributed by atoms with E-state index >= 15 is 0 Å². The Morgan fingerprint density at radius 2 is 2.33 bits per heavy atom. The van der Waals surface area contributed by atoms with Crippen LogP contribution >= 0.6 is 0 Å². The van der Waals surface area contributed by atoms with Crippen molar-refractivity contribution < 1.29 is 0 Å². The molecule has 5 heteroatoms. The first-order chi connectivity index (χ1) is 7.38. The summed E-state index contributed by atoms with van der Waals surface area (Å²) in [6.45, 7) is 5.33. The van der Waals surface area contributed by atoms with Gasteiger partial charge < -0.3 is 10.6 Å². The smallest absolute Gasteiger partial charge is 0.0692 e. The molecule has 1 unspecified atom stereocenters. The zero-order chi connectivity index (χ0) is 10.5. The van der Waals surface area contributed by atoms with Crippen LogP contribution in [0.4, 0.5) is 0 Å². The van der Waals surface area contributed by atoms with Gasteiger partial charge in [-0.05, 0) is 38.4 Å². The van der Waals surface area contributed by atoms with Gasteiger partial charge in [0.15, 0.2) is 0 Å². The van der Waals surface area contributed by atoms with Crippen molar-refractivity contribution in [3.8, 4) is 0 Å². The highest BCUT2D eigenvalue weighted by Gasteiger charge is 2.20. The van der Waals surface area contributed by atoms with Crippen molar-refractivity contribution in [3.63, 3.8) is 0 Å². The summed E-state index contributed by atoms with van der Waals surface area (Å²) in [5.41, 5.74) is 5.65. The molecule has 0 aliphatic carbocycles. The summed E-state index contributed by atoms with van der Waals surface area (Å²) in [6, 6.07) is 0. The van der Waals surface area contributed by atoms with E-state index in [1.165, 1.54) is 19.5 Å². The van der Waals surface area contributed by atoms with Gasteiger partial charge in [0, 0.05) is 19.3 Å². The monoisotopic (exact) mass is 209 g/mol. The summed E-state index contributed by atoms with van der Waals surface area (Å²) in [6.07, 6.45) is 6.04. The van der Waals surface area contributed by atoms with Gasteiger partial charge in [0.05, 0.1) is 6.20 Å². The van der Waals surface area contributed by atoms with Crippen LogP contribution in [0.1, 0.15) is 12.8 Å². The Balaban J connectivity index is 1.63. The van der Waals surface area contributed by atoms with Crippen LogP contribution in [0.2, 0.25) is 0 Å². The normalized spacial score (nSPS) is 22.3. The molecule has 84 valence electrons. The van der Waals surface area contributed by atoms with E-state index in [0.717, 1.165) is 32.0 Å². The van der Waals surface area contributed by atoms with Gasteiger partial charge in [-0.3, -0.25) is 4.68 Å². The van der Waals surface area contributed by atoms with Crippen molar-refractivity contribution in [1.82, 2.24) is 19.9 Å². The molecule has 1 atom stereocenters. The lowest BCUT2D eigenvalue weighted by atomic mass is 10.1. The number of likely N-dealkylation sites (tertiary alicyclic amines) is 1. The molecule has 1 aliphatic rings. The van der Waals surface area contributed by atoms with Crippen LogP contribution in [0.5, 0.6) is 0 Å². The highest BCUT2D eigenvalue weighted by molar-refractivity contribution is 4.75. The zero-order valence-corrected chi connectivity index (χ0v) is 9.05. The molecule has 0 spiro atoms. The highest BCUT2D eigenvalue weighted by Crippen LogP contribution is 2.14. The lowest BCUT2D eigenvalue weighted by molar-refractivity contribution is 0.310. The lowest BCUT2D eigenvalue weighted by Gasteiger charge is -2.15. The summed E-state index contributed by atoms with van der Waals surface area (Å²) in [5, 5.41) is 7.72. The molecule has 0 saturated carbocycles. The summed E-state index contributed by atoms with van der Waals surface area (Å²) in [4.78, 5) is 2.49. The SMILES string of the molecule is NCC1CCN(CCCn2ccnn2)C1. The molecule has 1 saturated heterocycles. The summed E-state index contributed by atoms with van der Waals surface area (Å²) in [5.74, 6) is 0.719. The predicted octanol–water partition coefficient (Wildman–Crippen LogP) is -0.0512. The van der Waals surface area contributed by atoms with Crippen molar-refractivity contribution in [2.45, 2.75) is 19.4 Å². The number of aromatic nitrogens is 3. The van der Waals surface area contributed by atoms with Crippen LogP contribution in [-0.4, -0.2) is 46.1 Å². The Labute approximate surface area is 90.2 Å². The Morgan fingerprint density at radius 3 is 3.00 bits per heavy atom. The topological polar surface area (TPSA) is 60.0 Å². The van der Waals surface area contributed by atoms with E-state index < -0.39 is 0 Å². The van der Waals surface area contributed by atoms with Crippen molar-refractivity contribution in [2.75, 3.05) is 26.2 Å². The van der Waals surface area contributed by atoms with E-state index in [-0.39, 0.29) is 0 Å². The molecule has 1 aromatic heterocycles. The fourth-order valence-electron chi connectivity index (χ4n) is 2.12. The van der Waals surface area contributed by atoms with Gasteiger partial charge in [0.1, 0.15) is 0 Å². The van der Waals surface area contributed by atoms with Crippen molar-refractivity contribution in [3.05, 3.63) is 12.4 Å². The molecule has 1 aliphatic heterocycles. The second-order valence-corrected chi connectivity index (χ2v) is 4.21. The van der Waals surface area contributed by atoms with Crippen LogP contribution in [0, 0.1) is 5.92 Å². The summed E-state index contributed by atoms with van der Waals surface area (Å²) >= 11 is 0. The van der Waals surface area contributed by atoms with Gasteiger partial charge in [0.25, 0.3) is 0 Å². The predicted molar refractivity (Wildman–Crippen MR) is 58.2 cm³/mol. The van der Waals surface area contributed by atoms with E-state index in [2.05, 4.69) is 15.2 Å². The van der Waals surface area contributed by atoms with Gasteiger partial charge in [0.2, 0.25) is 0 Å². The van der Waals surface area contributed by atoms with E-state index in [1.54, 1.807) is 6.20 Å². The van der Waals surface area contributed by atoms with Crippen molar-refractivity contribution in [1.29, 1.82) is 0 Å². The third-order valence-electron chi connectivity index (χ3n) is 3.04. The average molecular weight is 209 g/mol. The Kier molecular flexibility index (Phi) is 3.69. The van der Waals surface area contributed by atoms with Crippen LogP contribution in [-0.2, 0) is 6.54 Å². The lowest BCUT2D eigenvalue weighted by Crippen LogP contribution is -2.25. The molecule has 5 nitrogen and oxygen atoms in total. The number of hydrogen-bond donors (Lipinski definition) is 1. The minimum Gasteiger partial charge on any atom is -0.330 e. The standard InChI is InChI=1S/C10H19N5/c11-8-10-2-6-14(9-10)4-1-5-15-7-3-12-13-15/h3,7,10H,1-2,4-6,8-9,11H2. The molecule has 0 radical (unpaired) electrons. The molecule has 0 aromatic carbocycles. The number of aryl methyl sites for hydroxylation is 1. The minimum atomic E-state index is 0.719. The molecule has 1 aromatic rings. The first kappa shape index (κ1) is 10.6. The second-order valence-electron chi connectivity index (χ2n) is 4.21. The Bertz CT molecular complexity index is 271. The van der Waals surface area contributed by atoms with E-state index in [4.69, 9.17) is 5.73 Å². The highest BCUT2D eigenvalue weighted by atomic mass is 15.4. The minimum absolute atomic E-state index is 0.719. The quantitative estimate of drug-likeness (QED) is 0.738. The van der Waals surface area contributed by atoms with Gasteiger partial charge in [-0.15, -0.1) is 5.10 Å². The maximum Gasteiger partial charge on any atom is 0.0692 e. The maximum atomic E-state index is 5.65. The summed E-state index contributed by atoms with van der Waals surface area (Å²) in [7, 11) is 0. The summed E-state index contributed by atoms with van der Waals surface area (Å²) < 4.78 is 1.89. The second kappa shape index (κ2) is 5.23. The molecular weight excluding hydrogens is 190 g/mol. The van der Waals surface area contributed by atoms with Gasteiger partial charge in [-0.2, -0.15) is 0 Å². The first-order valence-corrected chi connectivity index (χ1v) is 5.65. The van der Waals surface area contributed by atoms with Gasteiger partial charge in [-0.1, -0.05) is 5.21 Å². The molecule has 2 rings (SSSR count). The molecule has 2 heterocycles. The van der Waals surface area contributed by atoms with Gasteiger partial charge >= 0.3 is 0 Å². The average Bonchev–Trinajstić information content (AvgIpc) is 2.88. The number of nitrogens with two attached hydrogens (primary N) is 1. The molecule has 15 heavy (non-hydrogen) atoms. The molecule has 0 bridgehead atoms. The van der Waals surface area contributed by atoms with E-state index in [9.17, 15) is 0 Å². The van der Waals surface area contributed by atoms with Crippen LogP contribution < -0.4 is 5.73 Å². The van der Waals surface area contributed by atoms with Crippen molar-refractivity contribution in [2.24, 2.45) is 11.7 Å². The van der Waals surface area contributed by atoms with Gasteiger partial charge in [-0.25, -0.2) is 0 Å². The third kappa shape index (κ3) is 3.00. The fraction of sp³-hybridized carbons (Fsp3) is 0.800. The number of rotatable bonds is 5. The number of nitrogens with zero attached hydrogens (tertiary/aromatic N) is 4. The first-order valence-electron chi connectivity index (χ1n) is 5.65. The fourth-order valence-corrected chi connectivity index (χ4v) is 2.12. The van der Waals surface area contributed by atoms with Crippen LogP contribution in [0.15, 0.2) is 12.4 Å². The van der Waals surface area contributed by atoms with Crippen molar-refractivity contribution >= 4 is 0 Å². The third-order valence-corrected chi connectivity index (χ3v) is 3.04. The van der Waals surface area contributed by atoms with Crippen LogP contribution in [0.25, 0.3) is 0 Å². The van der Waals surface area contributed by atoms with E-state index in [0.29, 0.717) is 0 Å². The van der Waals surface area contributed by atoms with Crippen LogP contribution in [0.3, 0.4) is 0 Å². The molecular formula is C10H19N5. The molecule has 1 fully saturated rings. The molecule has 2 N–H and O–H groups in total. The maximum absolute atomic E-state index is 5.65. The largest absolute Gasteiger partial charge is 0.330 e. The Morgan fingerprint density at radius 1 is 1.40 bits per heavy atom. The zero-order valence-electron chi connectivity index (χ0n) is 9.05. The molecule has 0 amide bonds. The number of hydrogen-bond acceptors (Lipinski definition) is 4. The van der Waals surface area contributed by atoms with E-state index in [1.807, 2.05) is 10.9 Å².